The fourth-order valence-electron chi connectivity index (χ4n) is 1.10. The molecule has 1 aromatic rings. The zero-order valence-electron chi connectivity index (χ0n) is 7.52. The summed E-state index contributed by atoms with van der Waals surface area (Å²) < 4.78 is 37.3. The van der Waals surface area contributed by atoms with Gasteiger partial charge in [0, 0.05) is 5.56 Å². The van der Waals surface area contributed by atoms with E-state index in [1.54, 1.807) is 0 Å². The smallest absolute Gasteiger partial charge is 0.207 e. The van der Waals surface area contributed by atoms with Crippen LogP contribution in [0.5, 0.6) is 0 Å². The van der Waals surface area contributed by atoms with Crippen molar-refractivity contribution in [1.29, 1.82) is 0 Å². The molecule has 0 N–H and O–H groups in total. The van der Waals surface area contributed by atoms with E-state index in [1.807, 2.05) is 13.8 Å². The lowest BCUT2D eigenvalue weighted by Crippen LogP contribution is -1.93. The van der Waals surface area contributed by atoms with Crippen LogP contribution in [-0.2, 0) is 0 Å². The van der Waals surface area contributed by atoms with Gasteiger partial charge < -0.3 is 0 Å². The van der Waals surface area contributed by atoms with Crippen LogP contribution in [0.1, 0.15) is 37.3 Å². The third kappa shape index (κ3) is 2.47. The highest BCUT2D eigenvalue weighted by atomic mass is 19.3. The fourth-order valence-corrected chi connectivity index (χ4v) is 1.10. The molecule has 0 bridgehead atoms. The van der Waals surface area contributed by atoms with Crippen LogP contribution in [0, 0.1) is 5.82 Å². The normalized spacial score (nSPS) is 11.3. The molecule has 0 amide bonds. The topological polar surface area (TPSA) is 0 Å². The summed E-state index contributed by atoms with van der Waals surface area (Å²) >= 11 is 0. The molecule has 0 unspecified atom stereocenters. The highest BCUT2D eigenvalue weighted by molar-refractivity contribution is 5.27. The molecule has 3 heteroatoms. The molecule has 1 aromatic carbocycles. The summed E-state index contributed by atoms with van der Waals surface area (Å²) in [6, 6.07) is 3.51. The van der Waals surface area contributed by atoms with Crippen LogP contribution >= 0.6 is 0 Å². The van der Waals surface area contributed by atoms with Gasteiger partial charge in [0.25, 0.3) is 6.43 Å². The summed E-state index contributed by atoms with van der Waals surface area (Å²) in [5, 5.41) is 0. The number of hydrogen-bond donors (Lipinski definition) is 0. The summed E-state index contributed by atoms with van der Waals surface area (Å²) in [5.41, 5.74) is 0.360. The first kappa shape index (κ1) is 10.1. The average molecular weight is 188 g/mol. The van der Waals surface area contributed by atoms with Gasteiger partial charge in [-0.2, -0.15) is 0 Å². The quantitative estimate of drug-likeness (QED) is 0.660. The number of halogens is 3. The van der Waals surface area contributed by atoms with Gasteiger partial charge in [-0.3, -0.25) is 0 Å². The van der Waals surface area contributed by atoms with Crippen molar-refractivity contribution in [3.05, 3.63) is 35.1 Å². The van der Waals surface area contributed by atoms with Crippen molar-refractivity contribution in [2.75, 3.05) is 0 Å². The van der Waals surface area contributed by atoms with Gasteiger partial charge >= 0.3 is 0 Å². The Morgan fingerprint density at radius 1 is 1.00 bits per heavy atom. The van der Waals surface area contributed by atoms with Crippen molar-refractivity contribution in [2.45, 2.75) is 26.2 Å². The molecule has 0 heterocycles. The minimum atomic E-state index is -2.60. The number of rotatable bonds is 2. The van der Waals surface area contributed by atoms with Gasteiger partial charge in [0.1, 0.15) is 5.82 Å². The Kier molecular flexibility index (Phi) is 2.96. The molecule has 0 nitrogen and oxygen atoms in total. The molecule has 72 valence electrons. The average Bonchev–Trinajstić information content (AvgIpc) is 2.03. The first-order chi connectivity index (χ1) is 6.00. The maximum atomic E-state index is 12.8. The Hall–Kier alpha value is -0.990. The minimum Gasteiger partial charge on any atom is -0.207 e. The van der Waals surface area contributed by atoms with Gasteiger partial charge in [0.05, 0.1) is 0 Å². The highest BCUT2D eigenvalue weighted by Gasteiger charge is 2.11. The third-order valence-corrected chi connectivity index (χ3v) is 1.86. The molecule has 0 fully saturated rings. The van der Waals surface area contributed by atoms with Gasteiger partial charge in [-0.05, 0) is 29.7 Å². The van der Waals surface area contributed by atoms with E-state index in [0.29, 0.717) is 5.56 Å². The van der Waals surface area contributed by atoms with Crippen molar-refractivity contribution in [1.82, 2.24) is 0 Å². The highest BCUT2D eigenvalue weighted by Crippen LogP contribution is 2.24. The summed E-state index contributed by atoms with van der Waals surface area (Å²) in [4.78, 5) is 0. The van der Waals surface area contributed by atoms with E-state index in [-0.39, 0.29) is 11.5 Å². The maximum Gasteiger partial charge on any atom is 0.263 e. The molecule has 0 aliphatic rings. The molecule has 0 atom stereocenters. The van der Waals surface area contributed by atoms with E-state index in [1.165, 1.54) is 12.1 Å². The third-order valence-electron chi connectivity index (χ3n) is 1.86. The second-order valence-electron chi connectivity index (χ2n) is 3.27. The van der Waals surface area contributed by atoms with E-state index < -0.39 is 12.2 Å². The van der Waals surface area contributed by atoms with Crippen molar-refractivity contribution in [3.63, 3.8) is 0 Å². The van der Waals surface area contributed by atoms with Crippen molar-refractivity contribution in [3.8, 4) is 0 Å². The molecule has 0 aliphatic carbocycles. The van der Waals surface area contributed by atoms with Gasteiger partial charge in [0.2, 0.25) is 0 Å². The molecular formula is C10H11F3. The van der Waals surface area contributed by atoms with Gasteiger partial charge in [-0.1, -0.05) is 13.8 Å². The summed E-state index contributed by atoms with van der Waals surface area (Å²) in [6.45, 7) is 3.67. The minimum absolute atomic E-state index is 0.0631. The van der Waals surface area contributed by atoms with Gasteiger partial charge in [-0.25, -0.2) is 13.2 Å². The van der Waals surface area contributed by atoms with Crippen LogP contribution in [-0.4, -0.2) is 0 Å². The molecule has 0 spiro atoms. The Balaban J connectivity index is 3.11. The number of benzene rings is 1. The van der Waals surface area contributed by atoms with Crippen molar-refractivity contribution in [2.24, 2.45) is 0 Å². The monoisotopic (exact) mass is 188 g/mol. The fraction of sp³-hybridized carbons (Fsp3) is 0.400. The Morgan fingerprint density at radius 3 is 2.00 bits per heavy atom. The predicted molar refractivity (Wildman–Crippen MR) is 45.4 cm³/mol. The summed E-state index contributed by atoms with van der Waals surface area (Å²) in [5.74, 6) is -0.533. The molecule has 0 aliphatic heterocycles. The second kappa shape index (κ2) is 3.81. The first-order valence-corrected chi connectivity index (χ1v) is 4.09. The van der Waals surface area contributed by atoms with E-state index in [2.05, 4.69) is 0 Å². The van der Waals surface area contributed by atoms with E-state index in [9.17, 15) is 13.2 Å². The van der Waals surface area contributed by atoms with Crippen LogP contribution in [0.25, 0.3) is 0 Å². The molecular weight excluding hydrogens is 177 g/mol. The van der Waals surface area contributed by atoms with Gasteiger partial charge in [-0.15, -0.1) is 0 Å². The van der Waals surface area contributed by atoms with Crippen LogP contribution in [0.3, 0.4) is 0 Å². The van der Waals surface area contributed by atoms with E-state index in [0.717, 1.165) is 6.07 Å². The summed E-state index contributed by atoms with van der Waals surface area (Å²) in [7, 11) is 0. The lowest BCUT2D eigenvalue weighted by atomic mass is 10.0. The molecule has 0 radical (unpaired) electrons. The lowest BCUT2D eigenvalue weighted by molar-refractivity contribution is 0.151. The molecule has 0 aromatic heterocycles. The molecule has 0 saturated carbocycles. The number of alkyl halides is 2. The van der Waals surface area contributed by atoms with Crippen molar-refractivity contribution >= 4 is 0 Å². The predicted octanol–water partition coefficient (Wildman–Crippen LogP) is 3.89. The first-order valence-electron chi connectivity index (χ1n) is 4.09. The Bertz CT molecular complexity index is 266. The Labute approximate surface area is 75.4 Å². The lowest BCUT2D eigenvalue weighted by Gasteiger charge is -2.08. The molecule has 13 heavy (non-hydrogen) atoms. The van der Waals surface area contributed by atoms with Crippen LogP contribution in [0.15, 0.2) is 18.2 Å². The van der Waals surface area contributed by atoms with Gasteiger partial charge in [0.15, 0.2) is 0 Å². The van der Waals surface area contributed by atoms with Crippen LogP contribution in [0.4, 0.5) is 13.2 Å². The van der Waals surface area contributed by atoms with E-state index >= 15 is 0 Å². The van der Waals surface area contributed by atoms with E-state index in [4.69, 9.17) is 0 Å². The maximum absolute atomic E-state index is 12.8. The van der Waals surface area contributed by atoms with Crippen LogP contribution < -0.4 is 0 Å². The Morgan fingerprint density at radius 2 is 1.54 bits per heavy atom. The SMILES string of the molecule is CC(C)c1cc(F)cc(C(F)F)c1. The zero-order chi connectivity index (χ0) is 10.0. The largest absolute Gasteiger partial charge is 0.263 e. The van der Waals surface area contributed by atoms with Crippen molar-refractivity contribution < 1.29 is 13.2 Å². The summed E-state index contributed by atoms with van der Waals surface area (Å²) in [6.07, 6.45) is -2.60. The number of hydrogen-bond acceptors (Lipinski definition) is 0. The standard InChI is InChI=1S/C10H11F3/c1-6(2)7-3-8(10(12)13)5-9(11)4-7/h3-6,10H,1-2H3. The van der Waals surface area contributed by atoms with Crippen LogP contribution in [0.2, 0.25) is 0 Å². The second-order valence-corrected chi connectivity index (χ2v) is 3.27. The zero-order valence-corrected chi connectivity index (χ0v) is 7.52. The molecule has 1 rings (SSSR count). The molecule has 0 saturated heterocycles.